The predicted molar refractivity (Wildman–Crippen MR) is 66.1 cm³/mol. The number of benzene rings is 1. The number of rotatable bonds is 2. The second-order valence-electron chi connectivity index (χ2n) is 3.17. The first kappa shape index (κ1) is 11.9. The average molecular weight is 322 g/mol. The summed E-state index contributed by atoms with van der Waals surface area (Å²) in [6.45, 7) is 3.99. The summed E-state index contributed by atoms with van der Waals surface area (Å²) < 4.78 is 14.1. The summed E-state index contributed by atoms with van der Waals surface area (Å²) in [5.74, 6) is -0.202. The van der Waals surface area contributed by atoms with Crippen LogP contribution in [0, 0.1) is 5.82 Å². The molecule has 0 saturated heterocycles. The lowest BCUT2D eigenvalue weighted by Gasteiger charge is -2.04. The van der Waals surface area contributed by atoms with Gasteiger partial charge in [0.15, 0.2) is 0 Å². The highest BCUT2D eigenvalue weighted by atomic mass is 79.9. The largest absolute Gasteiger partial charge is 0.206 e. The Balaban J connectivity index is 3.03. The normalized spacial score (nSPS) is 14.2. The fourth-order valence-corrected chi connectivity index (χ4v) is 1.44. The highest BCUT2D eigenvalue weighted by Crippen LogP contribution is 2.20. The van der Waals surface area contributed by atoms with Crippen LogP contribution in [0.1, 0.15) is 19.4 Å². The van der Waals surface area contributed by atoms with Gasteiger partial charge in [-0.1, -0.05) is 49.6 Å². The molecule has 1 unspecified atom stereocenters. The lowest BCUT2D eigenvalue weighted by Crippen LogP contribution is -1.92. The van der Waals surface area contributed by atoms with Crippen LogP contribution >= 0.6 is 31.9 Å². The summed E-state index contributed by atoms with van der Waals surface area (Å²) >= 11 is 6.66. The standard InChI is InChI=1S/C11H11Br2F/c1-7(8(2)12)5-9-3-4-10(13)6-11(9)14/h3-6,8H,1-2H3/b7-5+. The molecule has 3 heteroatoms. The zero-order valence-corrected chi connectivity index (χ0v) is 11.2. The van der Waals surface area contributed by atoms with Crippen LogP contribution < -0.4 is 0 Å². The number of halogens is 3. The van der Waals surface area contributed by atoms with E-state index in [0.717, 1.165) is 10.0 Å². The molecule has 0 aliphatic rings. The summed E-state index contributed by atoms with van der Waals surface area (Å²) in [5, 5.41) is 0. The molecule has 0 nitrogen and oxygen atoms in total. The molecule has 0 bridgehead atoms. The van der Waals surface area contributed by atoms with E-state index < -0.39 is 0 Å². The third kappa shape index (κ3) is 3.21. The van der Waals surface area contributed by atoms with Crippen molar-refractivity contribution in [3.63, 3.8) is 0 Å². The quantitative estimate of drug-likeness (QED) is 0.688. The molecule has 0 spiro atoms. The van der Waals surface area contributed by atoms with Gasteiger partial charge in [-0.3, -0.25) is 0 Å². The molecule has 0 aliphatic carbocycles. The first-order valence-electron chi connectivity index (χ1n) is 4.28. The summed E-state index contributed by atoms with van der Waals surface area (Å²) in [6, 6.07) is 5.07. The van der Waals surface area contributed by atoms with Crippen molar-refractivity contribution in [2.45, 2.75) is 18.7 Å². The van der Waals surface area contributed by atoms with Crippen LogP contribution in [0.15, 0.2) is 28.2 Å². The maximum atomic E-state index is 13.4. The minimum absolute atomic E-state index is 0.202. The Bertz CT molecular complexity index is 356. The highest BCUT2D eigenvalue weighted by molar-refractivity contribution is 9.10. The first-order chi connectivity index (χ1) is 6.50. The minimum atomic E-state index is -0.202. The van der Waals surface area contributed by atoms with Crippen molar-refractivity contribution in [3.05, 3.63) is 39.6 Å². The Morgan fingerprint density at radius 1 is 1.50 bits per heavy atom. The van der Waals surface area contributed by atoms with Crippen molar-refractivity contribution >= 4 is 37.9 Å². The SMILES string of the molecule is C/C(=C\c1ccc(Br)cc1F)C(C)Br. The monoisotopic (exact) mass is 320 g/mol. The topological polar surface area (TPSA) is 0 Å². The highest BCUT2D eigenvalue weighted by Gasteiger charge is 2.03. The third-order valence-electron chi connectivity index (χ3n) is 1.97. The molecular formula is C11H11Br2F. The second kappa shape index (κ2) is 5.08. The molecule has 1 rings (SSSR count). The predicted octanol–water partition coefficient (Wildman–Crippen LogP) is 4.77. The molecule has 1 atom stereocenters. The van der Waals surface area contributed by atoms with Gasteiger partial charge in [0.25, 0.3) is 0 Å². The molecule has 76 valence electrons. The Morgan fingerprint density at radius 3 is 2.64 bits per heavy atom. The molecule has 0 N–H and O–H groups in total. The van der Waals surface area contributed by atoms with E-state index in [1.165, 1.54) is 6.07 Å². The van der Waals surface area contributed by atoms with Crippen LogP contribution in [0.4, 0.5) is 4.39 Å². The lowest BCUT2D eigenvalue weighted by atomic mass is 10.1. The van der Waals surface area contributed by atoms with Gasteiger partial charge in [0.05, 0.1) is 0 Å². The number of allylic oxidation sites excluding steroid dienone is 1. The van der Waals surface area contributed by atoms with Gasteiger partial charge < -0.3 is 0 Å². The van der Waals surface area contributed by atoms with Gasteiger partial charge in [0.2, 0.25) is 0 Å². The molecule has 1 aromatic carbocycles. The molecule has 0 fully saturated rings. The van der Waals surface area contributed by atoms with Gasteiger partial charge >= 0.3 is 0 Å². The van der Waals surface area contributed by atoms with Crippen LogP contribution in [0.25, 0.3) is 6.08 Å². The molecule has 0 aromatic heterocycles. The zero-order valence-electron chi connectivity index (χ0n) is 8.02. The smallest absolute Gasteiger partial charge is 0.131 e. The van der Waals surface area contributed by atoms with E-state index in [1.54, 1.807) is 6.07 Å². The van der Waals surface area contributed by atoms with Crippen molar-refractivity contribution in [1.29, 1.82) is 0 Å². The molecule has 1 aromatic rings. The van der Waals surface area contributed by atoms with E-state index >= 15 is 0 Å². The van der Waals surface area contributed by atoms with Crippen molar-refractivity contribution in [2.75, 3.05) is 0 Å². The maximum absolute atomic E-state index is 13.4. The van der Waals surface area contributed by atoms with Crippen molar-refractivity contribution in [1.82, 2.24) is 0 Å². The van der Waals surface area contributed by atoms with Crippen molar-refractivity contribution in [3.8, 4) is 0 Å². The van der Waals surface area contributed by atoms with E-state index in [9.17, 15) is 4.39 Å². The van der Waals surface area contributed by atoms with Crippen molar-refractivity contribution < 1.29 is 4.39 Å². The van der Waals surface area contributed by atoms with Gasteiger partial charge in [-0.15, -0.1) is 0 Å². The van der Waals surface area contributed by atoms with Crippen LogP contribution in [0.3, 0.4) is 0 Å². The van der Waals surface area contributed by atoms with Crippen LogP contribution in [-0.2, 0) is 0 Å². The maximum Gasteiger partial charge on any atom is 0.131 e. The van der Waals surface area contributed by atoms with Gasteiger partial charge in [-0.05, 0) is 26.0 Å². The van der Waals surface area contributed by atoms with Crippen LogP contribution in [0.2, 0.25) is 0 Å². The Labute approximate surface area is 100 Å². The fourth-order valence-electron chi connectivity index (χ4n) is 0.979. The van der Waals surface area contributed by atoms with Crippen LogP contribution in [-0.4, -0.2) is 4.83 Å². The summed E-state index contributed by atoms with van der Waals surface area (Å²) in [5.41, 5.74) is 1.73. The number of hydrogen-bond donors (Lipinski definition) is 0. The van der Waals surface area contributed by atoms with Gasteiger partial charge in [-0.25, -0.2) is 4.39 Å². The van der Waals surface area contributed by atoms with E-state index in [-0.39, 0.29) is 10.6 Å². The van der Waals surface area contributed by atoms with Gasteiger partial charge in [0, 0.05) is 14.9 Å². The zero-order chi connectivity index (χ0) is 10.7. The Hall–Kier alpha value is -0.150. The summed E-state index contributed by atoms with van der Waals surface area (Å²) in [6.07, 6.45) is 1.85. The molecule has 0 saturated carbocycles. The van der Waals surface area contributed by atoms with E-state index in [0.29, 0.717) is 5.56 Å². The van der Waals surface area contributed by atoms with Gasteiger partial charge in [-0.2, -0.15) is 0 Å². The second-order valence-corrected chi connectivity index (χ2v) is 5.46. The molecule has 0 aliphatic heterocycles. The number of alkyl halides is 1. The molecule has 14 heavy (non-hydrogen) atoms. The van der Waals surface area contributed by atoms with E-state index in [1.807, 2.05) is 26.0 Å². The molecule has 0 radical (unpaired) electrons. The van der Waals surface area contributed by atoms with Crippen molar-refractivity contribution in [2.24, 2.45) is 0 Å². The average Bonchev–Trinajstić information content (AvgIpc) is 2.09. The Morgan fingerprint density at radius 2 is 2.14 bits per heavy atom. The minimum Gasteiger partial charge on any atom is -0.206 e. The molecule has 0 amide bonds. The Kier molecular flexibility index (Phi) is 4.32. The number of hydrogen-bond acceptors (Lipinski definition) is 0. The summed E-state index contributed by atoms with van der Waals surface area (Å²) in [4.78, 5) is 0.269. The fraction of sp³-hybridized carbons (Fsp3) is 0.273. The van der Waals surface area contributed by atoms with E-state index in [4.69, 9.17) is 0 Å². The third-order valence-corrected chi connectivity index (χ3v) is 3.19. The van der Waals surface area contributed by atoms with Crippen LogP contribution in [0.5, 0.6) is 0 Å². The van der Waals surface area contributed by atoms with E-state index in [2.05, 4.69) is 31.9 Å². The molecule has 0 heterocycles. The molecular weight excluding hydrogens is 311 g/mol. The van der Waals surface area contributed by atoms with Gasteiger partial charge in [0.1, 0.15) is 5.82 Å². The lowest BCUT2D eigenvalue weighted by molar-refractivity contribution is 0.624. The summed E-state index contributed by atoms with van der Waals surface area (Å²) in [7, 11) is 0. The first-order valence-corrected chi connectivity index (χ1v) is 5.99.